The second kappa shape index (κ2) is 13.1. The Morgan fingerprint density at radius 1 is 1.16 bits per heavy atom. The van der Waals surface area contributed by atoms with E-state index in [1.54, 1.807) is 47.0 Å². The Balaban J connectivity index is 3.02. The van der Waals surface area contributed by atoms with Gasteiger partial charge in [0.1, 0.15) is 23.3 Å². The predicted molar refractivity (Wildman–Crippen MR) is 132 cm³/mol. The van der Waals surface area contributed by atoms with Gasteiger partial charge >= 0.3 is 12.2 Å². The van der Waals surface area contributed by atoms with Gasteiger partial charge in [0.25, 0.3) is 11.9 Å². The molecule has 0 aliphatic carbocycles. The smallest absolute Gasteiger partial charge is 0.411 e. The molecule has 0 radical (unpaired) electrons. The summed E-state index contributed by atoms with van der Waals surface area (Å²) in [6, 6.07) is -3.48. The number of hydroxylamine groups is 2. The Bertz CT molecular complexity index is 929. The molecule has 1 aliphatic rings. The number of amides is 4. The first-order valence-corrected chi connectivity index (χ1v) is 11.8. The van der Waals surface area contributed by atoms with Crippen LogP contribution < -0.4 is 22.2 Å². The molecule has 1 rings (SSSR count). The number of primary amides is 1. The van der Waals surface area contributed by atoms with Gasteiger partial charge in [0.15, 0.2) is 5.03 Å². The molecule has 17 heteroatoms. The third kappa shape index (κ3) is 11.0. The highest BCUT2D eigenvalue weighted by Gasteiger charge is 2.45. The number of hydrazine groups is 1. The molecule has 0 aromatic carbocycles. The highest BCUT2D eigenvalue weighted by Crippen LogP contribution is 2.25. The second-order valence-electron chi connectivity index (χ2n) is 10.6. The maximum absolute atomic E-state index is 13.2. The van der Waals surface area contributed by atoms with Crippen LogP contribution in [0, 0.1) is 10.1 Å². The number of nitrogens with one attached hydrogen (secondary N) is 2. The van der Waals surface area contributed by atoms with Crippen LogP contribution in [0.25, 0.3) is 0 Å². The zero-order valence-corrected chi connectivity index (χ0v) is 22.4. The number of hydrogen-bond acceptors (Lipinski definition) is 10. The Morgan fingerprint density at radius 2 is 1.74 bits per heavy atom. The van der Waals surface area contributed by atoms with Crippen LogP contribution >= 0.6 is 0 Å². The summed E-state index contributed by atoms with van der Waals surface area (Å²) in [6.45, 7) is 9.47. The molecule has 216 valence electrons. The molecule has 1 heterocycles. The van der Waals surface area contributed by atoms with Gasteiger partial charge in [0.2, 0.25) is 5.91 Å². The van der Waals surface area contributed by atoms with E-state index in [1.807, 2.05) is 0 Å². The van der Waals surface area contributed by atoms with Crippen molar-refractivity contribution in [2.75, 3.05) is 13.1 Å². The van der Waals surface area contributed by atoms with Crippen LogP contribution in [0.1, 0.15) is 60.8 Å². The zero-order valence-electron chi connectivity index (χ0n) is 22.4. The van der Waals surface area contributed by atoms with Gasteiger partial charge in [-0.25, -0.2) is 29.8 Å². The van der Waals surface area contributed by atoms with Gasteiger partial charge < -0.3 is 26.3 Å². The fourth-order valence-corrected chi connectivity index (χ4v) is 3.45. The number of aliphatic imine (C=N–C) groups is 1. The normalized spacial score (nSPS) is 18.8. The molecule has 0 unspecified atom stereocenters. The average molecular weight is 547 g/mol. The minimum Gasteiger partial charge on any atom is -0.444 e. The van der Waals surface area contributed by atoms with Gasteiger partial charge in [-0.3, -0.25) is 19.7 Å². The number of nitrogens with two attached hydrogens (primary N) is 2. The molecular formula is C21H38N8O9. The van der Waals surface area contributed by atoms with E-state index >= 15 is 0 Å². The van der Waals surface area contributed by atoms with E-state index in [-0.39, 0.29) is 32.4 Å². The third-order valence-corrected chi connectivity index (χ3v) is 4.94. The highest BCUT2D eigenvalue weighted by atomic mass is 16.7. The van der Waals surface area contributed by atoms with E-state index in [2.05, 4.69) is 10.3 Å². The van der Waals surface area contributed by atoms with Crippen LogP contribution in [0.3, 0.4) is 0 Å². The Kier molecular flexibility index (Phi) is 11.1. The van der Waals surface area contributed by atoms with Crippen LogP contribution in [-0.2, 0) is 19.1 Å². The maximum atomic E-state index is 13.2. The van der Waals surface area contributed by atoms with E-state index in [1.165, 1.54) is 0 Å². The lowest BCUT2D eigenvalue weighted by atomic mass is 10.1. The molecular weight excluding hydrogens is 508 g/mol. The average Bonchev–Trinajstić information content (AvgIpc) is 3.18. The first-order chi connectivity index (χ1) is 17.3. The molecule has 0 spiro atoms. The molecule has 0 aromatic rings. The van der Waals surface area contributed by atoms with E-state index in [4.69, 9.17) is 20.9 Å². The topological polar surface area (TPSA) is 245 Å². The van der Waals surface area contributed by atoms with Crippen molar-refractivity contribution < 1.29 is 38.9 Å². The van der Waals surface area contributed by atoms with Crippen molar-refractivity contribution in [3.63, 3.8) is 0 Å². The fraction of sp³-hybridized carbons (Fsp3) is 0.762. The number of hydrogen-bond donors (Lipinski definition) is 5. The monoisotopic (exact) mass is 546 g/mol. The van der Waals surface area contributed by atoms with Gasteiger partial charge in [-0.2, -0.15) is 0 Å². The minimum atomic E-state index is -1.31. The summed E-state index contributed by atoms with van der Waals surface area (Å²) in [6.07, 6.45) is -1.88. The summed E-state index contributed by atoms with van der Waals surface area (Å²) >= 11 is 0. The number of carbonyl (C=O) groups is 4. The largest absolute Gasteiger partial charge is 0.444 e. The van der Waals surface area contributed by atoms with Crippen molar-refractivity contribution in [2.45, 2.75) is 90.1 Å². The number of rotatable bonds is 9. The van der Waals surface area contributed by atoms with Crippen molar-refractivity contribution in [1.29, 1.82) is 0 Å². The lowest BCUT2D eigenvalue weighted by molar-refractivity contribution is -0.525. The van der Waals surface area contributed by atoms with Crippen LogP contribution in [0.5, 0.6) is 0 Å². The van der Waals surface area contributed by atoms with Gasteiger partial charge in [-0.15, -0.1) is 0 Å². The van der Waals surface area contributed by atoms with E-state index in [0.29, 0.717) is 5.06 Å². The number of likely N-dealkylation sites (tertiary alicyclic amines) is 1. The number of alkyl carbamates (subject to hydrolysis) is 1. The number of nitro groups is 1. The second-order valence-corrected chi connectivity index (χ2v) is 10.6. The predicted octanol–water partition coefficient (Wildman–Crippen LogP) is -0.163. The van der Waals surface area contributed by atoms with Gasteiger partial charge in [0, 0.05) is 19.5 Å². The van der Waals surface area contributed by atoms with Gasteiger partial charge in [-0.1, -0.05) is 5.43 Å². The standard InChI is InChI=1S/C21H38N8O9/c1-20(2,3)37-18(32)25-13(8-7-9-24-17(23)26-29(35)36)16(31)28(34)12-10-14(15(22)30)27(11-12)19(33)38-21(4,5)6/h12-14,34H,7-11H2,1-6H3,(H2,22,30)(H,25,32)(H3,23,24,26)/t12-,13+,14+/m1/s1. The summed E-state index contributed by atoms with van der Waals surface area (Å²) in [7, 11) is 0. The molecule has 1 saturated heterocycles. The fourth-order valence-electron chi connectivity index (χ4n) is 3.45. The number of ether oxygens (including phenoxy) is 2. The molecule has 4 amide bonds. The number of nitrogens with zero attached hydrogens (tertiary/aromatic N) is 4. The molecule has 7 N–H and O–H groups in total. The van der Waals surface area contributed by atoms with Crippen molar-refractivity contribution in [1.82, 2.24) is 20.7 Å². The van der Waals surface area contributed by atoms with Crippen molar-refractivity contribution in [3.05, 3.63) is 10.1 Å². The van der Waals surface area contributed by atoms with Crippen LogP contribution in [-0.4, -0.2) is 92.6 Å². The van der Waals surface area contributed by atoms with Gasteiger partial charge in [-0.05, 0) is 54.4 Å². The quantitative estimate of drug-likeness (QED) is 0.0634. The first kappa shape index (κ1) is 32.1. The van der Waals surface area contributed by atoms with E-state index < -0.39 is 64.3 Å². The van der Waals surface area contributed by atoms with Crippen molar-refractivity contribution in [2.24, 2.45) is 16.5 Å². The number of carbonyl (C=O) groups excluding carboxylic acids is 4. The van der Waals surface area contributed by atoms with Crippen LogP contribution in [0.15, 0.2) is 4.99 Å². The molecule has 17 nitrogen and oxygen atoms in total. The molecule has 0 saturated carbocycles. The lowest BCUT2D eigenvalue weighted by Gasteiger charge is -2.29. The summed E-state index contributed by atoms with van der Waals surface area (Å²) in [4.78, 5) is 65.3. The summed E-state index contributed by atoms with van der Waals surface area (Å²) in [5.41, 5.74) is 10.7. The highest BCUT2D eigenvalue weighted by molar-refractivity contribution is 5.87. The summed E-state index contributed by atoms with van der Waals surface area (Å²) in [5, 5.41) is 23.0. The van der Waals surface area contributed by atoms with E-state index in [9.17, 15) is 34.5 Å². The lowest BCUT2D eigenvalue weighted by Crippen LogP contribution is -2.52. The number of guanidine groups is 1. The third-order valence-electron chi connectivity index (χ3n) is 4.94. The Morgan fingerprint density at radius 3 is 2.24 bits per heavy atom. The van der Waals surface area contributed by atoms with Gasteiger partial charge in [0.05, 0.1) is 6.04 Å². The molecule has 1 aliphatic heterocycles. The first-order valence-electron chi connectivity index (χ1n) is 11.8. The Hall–Kier alpha value is -3.89. The van der Waals surface area contributed by atoms with E-state index in [0.717, 1.165) is 4.90 Å². The van der Waals surface area contributed by atoms with Crippen LogP contribution in [0.4, 0.5) is 9.59 Å². The molecule has 38 heavy (non-hydrogen) atoms. The summed E-state index contributed by atoms with van der Waals surface area (Å²) in [5.74, 6) is -2.25. The molecule has 0 aromatic heterocycles. The molecule has 1 fully saturated rings. The minimum absolute atomic E-state index is 0.0442. The molecule has 3 atom stereocenters. The van der Waals surface area contributed by atoms with Crippen molar-refractivity contribution >= 4 is 30.0 Å². The SMILES string of the molecule is CC(C)(C)OC(=O)N[C@@H](CCCN=C(N)N[N+](=O)[O-])C(=O)N(O)[C@@H]1C[C@@H](C(N)=O)N(C(=O)OC(C)(C)C)C1. The molecule has 0 bridgehead atoms. The maximum Gasteiger partial charge on any atom is 0.411 e. The summed E-state index contributed by atoms with van der Waals surface area (Å²) < 4.78 is 10.5. The van der Waals surface area contributed by atoms with Crippen LogP contribution in [0.2, 0.25) is 0 Å². The van der Waals surface area contributed by atoms with Crippen molar-refractivity contribution in [3.8, 4) is 0 Å². The Labute approximate surface area is 219 Å². The zero-order chi connectivity index (χ0) is 29.4.